The summed E-state index contributed by atoms with van der Waals surface area (Å²) in [5.74, 6) is -0.761. The number of hydrogen-bond acceptors (Lipinski definition) is 7. The number of fused-ring (bicyclic) bond motifs is 2. The van der Waals surface area contributed by atoms with E-state index >= 15 is 0 Å². The van der Waals surface area contributed by atoms with E-state index in [0.29, 0.717) is 17.5 Å². The molecule has 1 saturated carbocycles. The summed E-state index contributed by atoms with van der Waals surface area (Å²) >= 11 is 3.36. The molecule has 0 bridgehead atoms. The molecule has 2 aliphatic rings. The smallest absolute Gasteiger partial charge is 0.411 e. The summed E-state index contributed by atoms with van der Waals surface area (Å²) in [6.07, 6.45) is 2.24. The first kappa shape index (κ1) is 20.7. The summed E-state index contributed by atoms with van der Waals surface area (Å²) in [6, 6.07) is 4.64. The first-order chi connectivity index (χ1) is 14.1. The van der Waals surface area contributed by atoms with Gasteiger partial charge in [-0.2, -0.15) is 0 Å². The Labute approximate surface area is 182 Å². The number of carbonyl (C=O) groups excluding carboxylic acids is 3. The number of nitrogens with zero attached hydrogens (tertiary/aromatic N) is 3. The second-order valence-corrected chi connectivity index (χ2v) is 9.54. The van der Waals surface area contributed by atoms with Gasteiger partial charge < -0.3 is 9.47 Å². The number of hydrogen-bond donors (Lipinski definition) is 0. The summed E-state index contributed by atoms with van der Waals surface area (Å²) in [7, 11) is 0. The molecule has 8 nitrogen and oxygen atoms in total. The molecule has 2 aromatic rings. The maximum absolute atomic E-state index is 12.6. The largest absolute Gasteiger partial charge is 0.456 e. The third-order valence-electron chi connectivity index (χ3n) is 5.12. The van der Waals surface area contributed by atoms with Crippen LogP contribution in [0.2, 0.25) is 0 Å². The number of carbonyl (C=O) groups is 3. The van der Waals surface area contributed by atoms with Gasteiger partial charge in [0.05, 0.1) is 17.2 Å². The highest BCUT2D eigenvalue weighted by Crippen LogP contribution is 2.48. The van der Waals surface area contributed by atoms with Crippen molar-refractivity contribution in [3.63, 3.8) is 0 Å². The zero-order chi connectivity index (χ0) is 21.6. The molecule has 1 aromatic heterocycles. The topological polar surface area (TPSA) is 98.7 Å². The number of amides is 1. The molecule has 1 aliphatic carbocycles. The zero-order valence-electron chi connectivity index (χ0n) is 16.9. The molecule has 1 unspecified atom stereocenters. The van der Waals surface area contributed by atoms with Crippen molar-refractivity contribution in [2.24, 2.45) is 5.92 Å². The summed E-state index contributed by atoms with van der Waals surface area (Å²) in [4.78, 5) is 47.6. The quantitative estimate of drug-likeness (QED) is 0.492. The Kier molecular flexibility index (Phi) is 5.25. The Balaban J connectivity index is 1.39. The Morgan fingerprint density at radius 1 is 1.20 bits per heavy atom. The molecule has 0 N–H and O–H groups in total. The fourth-order valence-corrected chi connectivity index (χ4v) is 4.02. The number of benzene rings is 1. The minimum absolute atomic E-state index is 0.0128. The molecule has 9 heteroatoms. The van der Waals surface area contributed by atoms with Gasteiger partial charge >= 0.3 is 12.1 Å². The lowest BCUT2D eigenvalue weighted by Crippen LogP contribution is -2.46. The summed E-state index contributed by atoms with van der Waals surface area (Å²) in [6.45, 7) is 4.88. The van der Waals surface area contributed by atoms with Crippen LogP contribution in [0.5, 0.6) is 0 Å². The van der Waals surface area contributed by atoms with Gasteiger partial charge in [-0.1, -0.05) is 15.9 Å². The first-order valence-corrected chi connectivity index (χ1v) is 10.5. The SMILES string of the molecule is CC(C)(C)OC(=O)N1[C@@H]2CC2C[C@H]1C(=O)OCC(=O)c1cnc2cc(Br)ccc2n1. The van der Waals surface area contributed by atoms with E-state index < -0.39 is 36.1 Å². The normalized spacial score (nSPS) is 22.5. The molecule has 0 spiro atoms. The van der Waals surface area contributed by atoms with E-state index in [1.807, 2.05) is 6.07 Å². The van der Waals surface area contributed by atoms with Crippen LogP contribution < -0.4 is 0 Å². The second kappa shape index (κ2) is 7.61. The van der Waals surface area contributed by atoms with Crippen LogP contribution in [0.1, 0.15) is 44.1 Å². The summed E-state index contributed by atoms with van der Waals surface area (Å²) in [5, 5.41) is 0. The van der Waals surface area contributed by atoms with E-state index in [0.717, 1.165) is 10.9 Å². The molecule has 1 saturated heterocycles. The van der Waals surface area contributed by atoms with E-state index in [1.54, 1.807) is 32.9 Å². The highest BCUT2D eigenvalue weighted by atomic mass is 79.9. The van der Waals surface area contributed by atoms with Crippen molar-refractivity contribution in [2.75, 3.05) is 6.61 Å². The lowest BCUT2D eigenvalue weighted by molar-refractivity contribution is -0.148. The Bertz CT molecular complexity index is 1030. The third-order valence-corrected chi connectivity index (χ3v) is 5.61. The van der Waals surface area contributed by atoms with Crippen LogP contribution in [0.25, 0.3) is 11.0 Å². The molecule has 3 atom stereocenters. The monoisotopic (exact) mass is 475 g/mol. The van der Waals surface area contributed by atoms with Gasteiger partial charge in [-0.3, -0.25) is 14.7 Å². The fraction of sp³-hybridized carbons (Fsp3) is 0.476. The van der Waals surface area contributed by atoms with Gasteiger partial charge in [0.1, 0.15) is 17.3 Å². The number of esters is 1. The number of piperidine rings is 1. The molecule has 30 heavy (non-hydrogen) atoms. The lowest BCUT2D eigenvalue weighted by Gasteiger charge is -2.29. The summed E-state index contributed by atoms with van der Waals surface area (Å²) < 4.78 is 11.5. The number of Topliss-reactive ketones (excluding diaryl/α,β-unsaturated/α-hetero) is 1. The average molecular weight is 476 g/mol. The van der Waals surface area contributed by atoms with Crippen molar-refractivity contribution in [3.05, 3.63) is 34.6 Å². The predicted octanol–water partition coefficient (Wildman–Crippen LogP) is 3.52. The fourth-order valence-electron chi connectivity index (χ4n) is 3.67. The van der Waals surface area contributed by atoms with Gasteiger partial charge in [-0.05, 0) is 57.7 Å². The van der Waals surface area contributed by atoms with Crippen molar-refractivity contribution in [1.82, 2.24) is 14.9 Å². The zero-order valence-corrected chi connectivity index (χ0v) is 18.5. The molecule has 4 rings (SSSR count). The molecular formula is C21H22BrN3O5. The number of ether oxygens (including phenoxy) is 2. The maximum Gasteiger partial charge on any atom is 0.411 e. The standard InChI is InChI=1S/C21H22BrN3O5/c1-21(2,3)30-20(28)25-16-6-11(16)7-17(25)19(27)29-10-18(26)15-9-23-14-8-12(22)4-5-13(14)24-15/h4-5,8-9,11,16-17H,6-7,10H2,1-3H3/t11?,16-,17+/m1/s1. The van der Waals surface area contributed by atoms with Crippen LogP contribution in [-0.2, 0) is 14.3 Å². The van der Waals surface area contributed by atoms with E-state index in [1.165, 1.54) is 11.1 Å². The molecule has 2 heterocycles. The average Bonchev–Trinajstić information content (AvgIpc) is 3.33. The van der Waals surface area contributed by atoms with Crippen LogP contribution in [0.3, 0.4) is 0 Å². The highest BCUT2D eigenvalue weighted by Gasteiger charge is 2.57. The van der Waals surface area contributed by atoms with Gasteiger partial charge in [0.2, 0.25) is 5.78 Å². The minimum Gasteiger partial charge on any atom is -0.456 e. The molecule has 1 aromatic carbocycles. The van der Waals surface area contributed by atoms with Crippen LogP contribution in [0.4, 0.5) is 4.79 Å². The molecule has 1 aliphatic heterocycles. The summed E-state index contributed by atoms with van der Waals surface area (Å²) in [5.41, 5.74) is 0.688. The van der Waals surface area contributed by atoms with Gasteiger partial charge in [0.25, 0.3) is 0 Å². The van der Waals surface area contributed by atoms with Crippen molar-refractivity contribution in [3.8, 4) is 0 Å². The third kappa shape index (κ3) is 4.30. The van der Waals surface area contributed by atoms with Crippen molar-refractivity contribution in [1.29, 1.82) is 0 Å². The number of aromatic nitrogens is 2. The Hall–Kier alpha value is -2.55. The Morgan fingerprint density at radius 2 is 1.97 bits per heavy atom. The molecular weight excluding hydrogens is 454 g/mol. The van der Waals surface area contributed by atoms with Crippen LogP contribution in [-0.4, -0.2) is 57.0 Å². The van der Waals surface area contributed by atoms with Crippen molar-refractivity contribution in [2.45, 2.75) is 51.3 Å². The van der Waals surface area contributed by atoms with E-state index in [9.17, 15) is 14.4 Å². The molecule has 1 amide bonds. The van der Waals surface area contributed by atoms with E-state index in [4.69, 9.17) is 9.47 Å². The highest BCUT2D eigenvalue weighted by molar-refractivity contribution is 9.10. The predicted molar refractivity (Wildman–Crippen MR) is 111 cm³/mol. The number of rotatable bonds is 4. The van der Waals surface area contributed by atoms with Crippen LogP contribution >= 0.6 is 15.9 Å². The lowest BCUT2D eigenvalue weighted by atomic mass is 10.1. The molecule has 2 fully saturated rings. The second-order valence-electron chi connectivity index (χ2n) is 8.62. The van der Waals surface area contributed by atoms with Crippen molar-refractivity contribution < 1.29 is 23.9 Å². The number of likely N-dealkylation sites (tertiary alicyclic amines) is 1. The van der Waals surface area contributed by atoms with Gasteiger partial charge in [0.15, 0.2) is 6.61 Å². The number of ketones is 1. The van der Waals surface area contributed by atoms with Crippen molar-refractivity contribution >= 4 is 44.8 Å². The van der Waals surface area contributed by atoms with Crippen LogP contribution in [0.15, 0.2) is 28.9 Å². The minimum atomic E-state index is -0.726. The van der Waals surface area contributed by atoms with Crippen LogP contribution in [0, 0.1) is 5.92 Å². The number of halogens is 1. The van der Waals surface area contributed by atoms with E-state index in [-0.39, 0.29) is 17.7 Å². The maximum atomic E-state index is 12.6. The van der Waals surface area contributed by atoms with E-state index in [2.05, 4.69) is 25.9 Å². The van der Waals surface area contributed by atoms with Gasteiger partial charge in [0, 0.05) is 10.5 Å². The van der Waals surface area contributed by atoms with Gasteiger partial charge in [-0.25, -0.2) is 14.6 Å². The Morgan fingerprint density at radius 3 is 2.70 bits per heavy atom. The molecule has 158 valence electrons. The molecule has 0 radical (unpaired) electrons. The van der Waals surface area contributed by atoms with Gasteiger partial charge in [-0.15, -0.1) is 0 Å². The first-order valence-electron chi connectivity index (χ1n) is 9.76.